The summed E-state index contributed by atoms with van der Waals surface area (Å²) in [6.45, 7) is 2.17. The summed E-state index contributed by atoms with van der Waals surface area (Å²) in [6, 6.07) is 3.22. The summed E-state index contributed by atoms with van der Waals surface area (Å²) in [5.41, 5.74) is 1.28. The molecule has 0 aromatic heterocycles. The zero-order valence-corrected chi connectivity index (χ0v) is 10.7. The van der Waals surface area contributed by atoms with Crippen LogP contribution in [0.3, 0.4) is 0 Å². The first-order chi connectivity index (χ1) is 8.00. The molecule has 1 N–H and O–H groups in total. The van der Waals surface area contributed by atoms with Gasteiger partial charge in [0.2, 0.25) is 0 Å². The Balaban J connectivity index is 2.23. The van der Waals surface area contributed by atoms with Crippen LogP contribution in [-0.2, 0) is 14.9 Å². The summed E-state index contributed by atoms with van der Waals surface area (Å²) in [4.78, 5) is 5.37. The van der Waals surface area contributed by atoms with Crippen molar-refractivity contribution in [2.75, 3.05) is 11.9 Å². The number of fused-ring (bicyclic) bond motifs is 2. The lowest BCUT2D eigenvalue weighted by molar-refractivity contribution is -0.0456. The van der Waals surface area contributed by atoms with E-state index in [1.165, 1.54) is 0 Å². The van der Waals surface area contributed by atoms with E-state index in [2.05, 4.69) is 5.32 Å². The molecule has 0 amide bonds. The Bertz CT molecular complexity index is 587. The molecule has 7 heteroatoms. The number of nitrogens with zero attached hydrogens (tertiary/aromatic N) is 1. The molecular formula is C10H11ClN2O3S. The maximum Gasteiger partial charge on any atom is 0.269 e. The third-order valence-corrected chi connectivity index (χ3v) is 5.10. The van der Waals surface area contributed by atoms with Crippen molar-refractivity contribution in [2.45, 2.75) is 24.4 Å². The second-order valence-corrected chi connectivity index (χ2v) is 6.30. The number of hydroxylamine groups is 1. The standard InChI is InChI=1S/C10H11ClN2O3S/c1-6-4-9-8(5-7(6)11)12-10-2-3-16-13(10)17(9,14)15/h4-5,10,12H,2-3H2,1H3. The van der Waals surface area contributed by atoms with Crippen LogP contribution in [0.1, 0.15) is 12.0 Å². The van der Waals surface area contributed by atoms with E-state index in [0.717, 1.165) is 10.0 Å². The van der Waals surface area contributed by atoms with E-state index in [1.54, 1.807) is 19.1 Å². The number of aryl methyl sites for hydroxylation is 1. The van der Waals surface area contributed by atoms with Gasteiger partial charge in [-0.05, 0) is 24.6 Å². The summed E-state index contributed by atoms with van der Waals surface area (Å²) in [5, 5.41) is 3.67. The van der Waals surface area contributed by atoms with E-state index < -0.39 is 10.0 Å². The number of rotatable bonds is 0. The molecule has 0 aliphatic carbocycles. The zero-order valence-electron chi connectivity index (χ0n) is 9.10. The van der Waals surface area contributed by atoms with Crippen molar-refractivity contribution in [1.29, 1.82) is 0 Å². The number of nitrogens with one attached hydrogen (secondary N) is 1. The van der Waals surface area contributed by atoms with Gasteiger partial charge in [0.1, 0.15) is 11.1 Å². The maximum absolute atomic E-state index is 12.3. The van der Waals surface area contributed by atoms with Gasteiger partial charge in [0.05, 0.1) is 12.3 Å². The van der Waals surface area contributed by atoms with Gasteiger partial charge in [-0.1, -0.05) is 16.1 Å². The minimum Gasteiger partial charge on any atom is -0.366 e. The van der Waals surface area contributed by atoms with Gasteiger partial charge >= 0.3 is 0 Å². The van der Waals surface area contributed by atoms with Gasteiger partial charge in [0.25, 0.3) is 10.0 Å². The highest BCUT2D eigenvalue weighted by atomic mass is 35.5. The number of benzene rings is 1. The van der Waals surface area contributed by atoms with Gasteiger partial charge in [-0.2, -0.15) is 0 Å². The van der Waals surface area contributed by atoms with E-state index in [0.29, 0.717) is 23.7 Å². The number of hydrogen-bond donors (Lipinski definition) is 1. The average molecular weight is 275 g/mol. The van der Waals surface area contributed by atoms with Gasteiger partial charge < -0.3 is 5.32 Å². The highest BCUT2D eigenvalue weighted by Gasteiger charge is 2.42. The molecule has 1 fully saturated rings. The van der Waals surface area contributed by atoms with Crippen LogP contribution in [0.5, 0.6) is 0 Å². The molecule has 1 atom stereocenters. The minimum atomic E-state index is -3.57. The molecule has 17 heavy (non-hydrogen) atoms. The molecule has 2 heterocycles. The van der Waals surface area contributed by atoms with Crippen LogP contribution in [0.15, 0.2) is 17.0 Å². The molecule has 1 aromatic carbocycles. The lowest BCUT2D eigenvalue weighted by Crippen LogP contribution is -2.43. The smallest absolute Gasteiger partial charge is 0.269 e. The molecule has 5 nitrogen and oxygen atoms in total. The number of anilines is 1. The van der Waals surface area contributed by atoms with E-state index in [4.69, 9.17) is 16.4 Å². The van der Waals surface area contributed by atoms with Gasteiger partial charge in [-0.25, -0.2) is 8.42 Å². The Morgan fingerprint density at radius 3 is 3.06 bits per heavy atom. The molecule has 3 rings (SSSR count). The molecule has 0 saturated carbocycles. The Kier molecular flexibility index (Phi) is 2.38. The third-order valence-electron chi connectivity index (χ3n) is 2.96. The highest BCUT2D eigenvalue weighted by Crippen LogP contribution is 2.38. The molecular weight excluding hydrogens is 264 g/mol. The molecule has 92 valence electrons. The fraction of sp³-hybridized carbons (Fsp3) is 0.400. The predicted octanol–water partition coefficient (Wildman–Crippen LogP) is 1.73. The average Bonchev–Trinajstić information content (AvgIpc) is 2.71. The summed E-state index contributed by atoms with van der Waals surface area (Å²) in [5.74, 6) is 0. The molecule has 2 aliphatic rings. The van der Waals surface area contributed by atoms with E-state index in [9.17, 15) is 8.42 Å². The first-order valence-corrected chi connectivity index (χ1v) is 7.06. The second kappa shape index (κ2) is 3.58. The molecule has 1 saturated heterocycles. The van der Waals surface area contributed by atoms with Gasteiger partial charge in [-0.3, -0.25) is 4.84 Å². The van der Waals surface area contributed by atoms with E-state index >= 15 is 0 Å². The van der Waals surface area contributed by atoms with Crippen molar-refractivity contribution in [3.8, 4) is 0 Å². The Labute approximate surface area is 104 Å². The molecule has 0 spiro atoms. The van der Waals surface area contributed by atoms with Crippen LogP contribution < -0.4 is 5.32 Å². The van der Waals surface area contributed by atoms with Crippen LogP contribution in [-0.4, -0.2) is 25.7 Å². The van der Waals surface area contributed by atoms with Crippen molar-refractivity contribution >= 4 is 27.3 Å². The molecule has 0 bridgehead atoms. The summed E-state index contributed by atoms with van der Waals surface area (Å²) in [6.07, 6.45) is 0.302. The first-order valence-electron chi connectivity index (χ1n) is 5.24. The van der Waals surface area contributed by atoms with E-state index in [-0.39, 0.29) is 11.1 Å². The largest absolute Gasteiger partial charge is 0.366 e. The molecule has 1 aromatic rings. The van der Waals surface area contributed by atoms with Gasteiger partial charge in [0.15, 0.2) is 0 Å². The normalized spacial score (nSPS) is 26.1. The first kappa shape index (κ1) is 11.3. The van der Waals surface area contributed by atoms with Crippen molar-refractivity contribution in [2.24, 2.45) is 0 Å². The molecule has 1 unspecified atom stereocenters. The topological polar surface area (TPSA) is 58.6 Å². The van der Waals surface area contributed by atoms with Crippen LogP contribution in [0.4, 0.5) is 5.69 Å². The fourth-order valence-electron chi connectivity index (χ4n) is 2.07. The summed E-state index contributed by atoms with van der Waals surface area (Å²) in [7, 11) is -3.57. The lowest BCUT2D eigenvalue weighted by atomic mass is 10.2. The summed E-state index contributed by atoms with van der Waals surface area (Å²) >= 11 is 6.00. The van der Waals surface area contributed by atoms with Crippen molar-refractivity contribution in [3.05, 3.63) is 22.7 Å². The molecule has 2 aliphatic heterocycles. The monoisotopic (exact) mass is 274 g/mol. The SMILES string of the molecule is Cc1cc2c(cc1Cl)NC1CCON1S2(=O)=O. The van der Waals surface area contributed by atoms with Crippen LogP contribution in [0, 0.1) is 6.92 Å². The number of hydrogen-bond acceptors (Lipinski definition) is 4. The quantitative estimate of drug-likeness (QED) is 0.783. The lowest BCUT2D eigenvalue weighted by Gasteiger charge is -2.30. The number of sulfonamides is 1. The van der Waals surface area contributed by atoms with Crippen molar-refractivity contribution in [3.63, 3.8) is 0 Å². The van der Waals surface area contributed by atoms with Crippen molar-refractivity contribution in [1.82, 2.24) is 4.47 Å². The highest BCUT2D eigenvalue weighted by molar-refractivity contribution is 7.89. The molecule has 0 radical (unpaired) electrons. The number of halogens is 1. The second-order valence-electron chi connectivity index (χ2n) is 4.14. The summed E-state index contributed by atoms with van der Waals surface area (Å²) < 4.78 is 25.6. The predicted molar refractivity (Wildman–Crippen MR) is 63.2 cm³/mol. The van der Waals surface area contributed by atoms with Crippen LogP contribution in [0.2, 0.25) is 5.02 Å². The van der Waals surface area contributed by atoms with Crippen molar-refractivity contribution < 1.29 is 13.3 Å². The minimum absolute atomic E-state index is 0.220. The van der Waals surface area contributed by atoms with Crippen LogP contribution in [0.25, 0.3) is 0 Å². The third kappa shape index (κ3) is 1.55. The fourth-order valence-corrected chi connectivity index (χ4v) is 3.85. The zero-order chi connectivity index (χ0) is 12.2. The van der Waals surface area contributed by atoms with E-state index in [1.807, 2.05) is 0 Å². The van der Waals surface area contributed by atoms with Gasteiger partial charge in [0, 0.05) is 11.4 Å². The van der Waals surface area contributed by atoms with Gasteiger partial charge in [-0.15, -0.1) is 0 Å². The Hall–Kier alpha value is -0.820. The maximum atomic E-state index is 12.3. The Morgan fingerprint density at radius 2 is 2.29 bits per heavy atom. The Morgan fingerprint density at radius 1 is 1.53 bits per heavy atom. The van der Waals surface area contributed by atoms with Crippen LogP contribution >= 0.6 is 11.6 Å².